The number of ketones is 1. The van der Waals surface area contributed by atoms with Crippen molar-refractivity contribution in [3.8, 4) is 5.69 Å². The summed E-state index contributed by atoms with van der Waals surface area (Å²) in [7, 11) is 0. The van der Waals surface area contributed by atoms with Gasteiger partial charge in [0.25, 0.3) is 5.91 Å². The summed E-state index contributed by atoms with van der Waals surface area (Å²) in [5.74, 6) is -1.29. The lowest BCUT2D eigenvalue weighted by molar-refractivity contribution is 0.0909. The highest BCUT2D eigenvalue weighted by Crippen LogP contribution is 2.43. The lowest BCUT2D eigenvalue weighted by atomic mass is 9.75. The van der Waals surface area contributed by atoms with Gasteiger partial charge in [-0.3, -0.25) is 9.59 Å². The summed E-state index contributed by atoms with van der Waals surface area (Å²) >= 11 is 0. The maximum atomic E-state index is 15.4. The predicted molar refractivity (Wildman–Crippen MR) is 129 cm³/mol. The fraction of sp³-hybridized carbons (Fsp3) is 0.556. The molecule has 0 unspecified atom stereocenters. The number of amides is 1. The highest BCUT2D eigenvalue weighted by atomic mass is 19.1. The van der Waals surface area contributed by atoms with Gasteiger partial charge in [-0.15, -0.1) is 0 Å². The molecule has 3 aliphatic rings. The van der Waals surface area contributed by atoms with E-state index in [0.29, 0.717) is 30.6 Å². The Labute approximate surface area is 199 Å². The number of halogens is 1. The minimum Gasteiger partial charge on any atom is -0.393 e. The number of aliphatic hydroxyl groups excluding tert-OH is 1. The first-order valence-corrected chi connectivity index (χ1v) is 12.5. The topological polar surface area (TPSA) is 97.4 Å². The van der Waals surface area contributed by atoms with Gasteiger partial charge >= 0.3 is 0 Å². The first-order chi connectivity index (χ1) is 16.1. The summed E-state index contributed by atoms with van der Waals surface area (Å²) in [6, 6.07) is 3.23. The second kappa shape index (κ2) is 8.52. The van der Waals surface area contributed by atoms with E-state index in [1.165, 1.54) is 6.07 Å². The van der Waals surface area contributed by atoms with Crippen molar-refractivity contribution in [2.75, 3.05) is 5.32 Å². The molecule has 6 nitrogen and oxygen atoms in total. The number of rotatable bonds is 4. The monoisotopic (exact) mass is 467 g/mol. The van der Waals surface area contributed by atoms with Crippen molar-refractivity contribution in [3.63, 3.8) is 0 Å². The number of nitrogens with zero attached hydrogens (tertiary/aromatic N) is 1. The van der Waals surface area contributed by atoms with E-state index >= 15 is 4.39 Å². The minimum atomic E-state index is -0.810. The van der Waals surface area contributed by atoms with Crippen LogP contribution in [0.15, 0.2) is 12.1 Å². The standard InChI is InChI=1S/C27H34FN3O3/c1-27(2)13-22-24(23(33)14-27)18-5-3-4-6-21(18)31(22)16-11-19(28)25(26(29)34)20(12-16)30-15-7-9-17(32)10-8-15/h11-12,15,17,30,32H,3-10,13-14H2,1-2H3,(H2,29,34). The number of aliphatic hydroxyl groups is 1. The van der Waals surface area contributed by atoms with Gasteiger partial charge in [-0.25, -0.2) is 4.39 Å². The van der Waals surface area contributed by atoms with Gasteiger partial charge in [-0.05, 0) is 80.9 Å². The van der Waals surface area contributed by atoms with Crippen LogP contribution in [0.5, 0.6) is 0 Å². The van der Waals surface area contributed by atoms with E-state index in [9.17, 15) is 14.7 Å². The van der Waals surface area contributed by atoms with Crippen molar-refractivity contribution < 1.29 is 19.1 Å². The molecule has 0 saturated heterocycles. The average Bonchev–Trinajstić information content (AvgIpc) is 3.07. The van der Waals surface area contributed by atoms with E-state index < -0.39 is 11.7 Å². The molecule has 0 bridgehead atoms. The molecule has 7 heteroatoms. The normalized spacial score (nSPS) is 23.8. The van der Waals surface area contributed by atoms with Gasteiger partial charge in [-0.2, -0.15) is 0 Å². The first-order valence-electron chi connectivity index (χ1n) is 12.5. The van der Waals surface area contributed by atoms with Crippen LogP contribution in [-0.2, 0) is 19.3 Å². The Hall–Kier alpha value is -2.67. The number of carbonyl (C=O) groups excluding carboxylic acids is 2. The molecule has 182 valence electrons. The van der Waals surface area contributed by atoms with E-state index in [1.54, 1.807) is 0 Å². The van der Waals surface area contributed by atoms with Gasteiger partial charge < -0.3 is 20.7 Å². The Bertz CT molecular complexity index is 1160. The zero-order chi connectivity index (χ0) is 24.2. The summed E-state index contributed by atoms with van der Waals surface area (Å²) in [4.78, 5) is 25.4. The number of hydrogen-bond acceptors (Lipinski definition) is 4. The maximum absolute atomic E-state index is 15.4. The maximum Gasteiger partial charge on any atom is 0.253 e. The van der Waals surface area contributed by atoms with Crippen LogP contribution in [0.3, 0.4) is 0 Å². The van der Waals surface area contributed by atoms with Gasteiger partial charge in [0, 0.05) is 29.4 Å². The molecular formula is C27H34FN3O3. The second-order valence-corrected chi connectivity index (χ2v) is 11.1. The van der Waals surface area contributed by atoms with Gasteiger partial charge in [0.1, 0.15) is 5.82 Å². The van der Waals surface area contributed by atoms with Crippen LogP contribution in [0.25, 0.3) is 5.69 Å². The first kappa shape index (κ1) is 23.1. The third-order valence-corrected chi connectivity index (χ3v) is 7.77. The third-order valence-electron chi connectivity index (χ3n) is 7.77. The summed E-state index contributed by atoms with van der Waals surface area (Å²) in [5, 5.41) is 13.2. The highest BCUT2D eigenvalue weighted by Gasteiger charge is 2.38. The molecule has 3 aliphatic carbocycles. The number of Topliss-reactive ketones (excluding diaryl/α,β-unsaturated/α-hetero) is 1. The molecule has 0 aliphatic heterocycles. The fourth-order valence-electron chi connectivity index (χ4n) is 6.23. The van der Waals surface area contributed by atoms with Gasteiger partial charge in [0.2, 0.25) is 0 Å². The van der Waals surface area contributed by atoms with Crippen LogP contribution < -0.4 is 11.1 Å². The summed E-state index contributed by atoms with van der Waals surface area (Å²) in [5.41, 5.74) is 10.3. The van der Waals surface area contributed by atoms with E-state index in [2.05, 4.69) is 23.7 Å². The number of nitrogens with one attached hydrogen (secondary N) is 1. The Morgan fingerprint density at radius 3 is 2.53 bits per heavy atom. The molecule has 1 fully saturated rings. The van der Waals surface area contributed by atoms with Crippen molar-refractivity contribution >= 4 is 17.4 Å². The summed E-state index contributed by atoms with van der Waals surface area (Å²) in [6.07, 6.45) is 7.56. The quantitative estimate of drug-likeness (QED) is 0.618. The predicted octanol–water partition coefficient (Wildman–Crippen LogP) is 4.46. The number of benzene rings is 1. The minimum absolute atomic E-state index is 0.0316. The van der Waals surface area contributed by atoms with Crippen molar-refractivity contribution in [2.24, 2.45) is 11.1 Å². The Balaban J connectivity index is 1.65. The van der Waals surface area contributed by atoms with Crippen molar-refractivity contribution in [2.45, 2.75) is 90.2 Å². The lowest BCUT2D eigenvalue weighted by Gasteiger charge is -2.30. The van der Waals surface area contributed by atoms with E-state index in [0.717, 1.165) is 67.5 Å². The Kier molecular flexibility index (Phi) is 5.79. The summed E-state index contributed by atoms with van der Waals surface area (Å²) in [6.45, 7) is 4.21. The molecular weight excluding hydrogens is 433 g/mol. The van der Waals surface area contributed by atoms with Crippen molar-refractivity contribution in [3.05, 3.63) is 46.0 Å². The number of aromatic nitrogens is 1. The number of primary amides is 1. The molecule has 1 saturated carbocycles. The van der Waals surface area contributed by atoms with Crippen LogP contribution >= 0.6 is 0 Å². The largest absolute Gasteiger partial charge is 0.393 e. The van der Waals surface area contributed by atoms with Crippen molar-refractivity contribution in [1.29, 1.82) is 0 Å². The molecule has 1 heterocycles. The third kappa shape index (κ3) is 4.04. The average molecular weight is 468 g/mol. The van der Waals surface area contributed by atoms with E-state index in [4.69, 9.17) is 5.73 Å². The van der Waals surface area contributed by atoms with E-state index in [1.807, 2.05) is 6.07 Å². The smallest absolute Gasteiger partial charge is 0.253 e. The van der Waals surface area contributed by atoms with Crippen LogP contribution in [0.2, 0.25) is 0 Å². The zero-order valence-electron chi connectivity index (χ0n) is 20.0. The SMILES string of the molecule is CC1(C)CC(=O)c2c3c(n(-c4cc(F)c(C(N)=O)c(NC5CCC(O)CC5)c4)c2C1)CCCC3. The second-order valence-electron chi connectivity index (χ2n) is 11.1. The number of nitrogens with two attached hydrogens (primary N) is 1. The Morgan fingerprint density at radius 1 is 1.12 bits per heavy atom. The number of carbonyl (C=O) groups is 2. The molecule has 4 N–H and O–H groups in total. The molecule has 2 aromatic rings. The molecule has 1 aromatic carbocycles. The molecule has 1 aromatic heterocycles. The molecule has 5 rings (SSSR count). The summed E-state index contributed by atoms with van der Waals surface area (Å²) < 4.78 is 17.5. The molecule has 34 heavy (non-hydrogen) atoms. The van der Waals surface area contributed by atoms with Gasteiger partial charge in [0.05, 0.1) is 23.0 Å². The Morgan fingerprint density at radius 2 is 1.82 bits per heavy atom. The van der Waals surface area contributed by atoms with Gasteiger partial charge in [0.15, 0.2) is 5.78 Å². The molecule has 0 radical (unpaired) electrons. The van der Waals surface area contributed by atoms with Crippen molar-refractivity contribution in [1.82, 2.24) is 4.57 Å². The molecule has 0 atom stereocenters. The van der Waals surface area contributed by atoms with Crippen LogP contribution in [0, 0.1) is 11.2 Å². The van der Waals surface area contributed by atoms with Crippen LogP contribution in [0.4, 0.5) is 10.1 Å². The molecule has 1 amide bonds. The van der Waals surface area contributed by atoms with Gasteiger partial charge in [-0.1, -0.05) is 13.8 Å². The lowest BCUT2D eigenvalue weighted by Crippen LogP contribution is -2.30. The van der Waals surface area contributed by atoms with E-state index in [-0.39, 0.29) is 28.9 Å². The fourth-order valence-corrected chi connectivity index (χ4v) is 6.23. The van der Waals surface area contributed by atoms with Crippen LogP contribution in [-0.4, -0.2) is 33.5 Å². The molecule has 0 spiro atoms. The number of anilines is 1. The number of hydrogen-bond donors (Lipinski definition) is 3. The van der Waals surface area contributed by atoms with Crippen LogP contribution in [0.1, 0.15) is 96.5 Å². The zero-order valence-corrected chi connectivity index (χ0v) is 20.0. The number of fused-ring (bicyclic) bond motifs is 3. The highest BCUT2D eigenvalue weighted by molar-refractivity contribution is 6.01.